The van der Waals surface area contributed by atoms with Crippen molar-refractivity contribution < 1.29 is 4.79 Å². The molecule has 0 atom stereocenters. The van der Waals surface area contributed by atoms with Crippen LogP contribution in [0.15, 0.2) is 54.6 Å². The minimum Gasteiger partial charge on any atom is -0.349 e. The Balaban J connectivity index is 1.65. The van der Waals surface area contributed by atoms with Crippen molar-refractivity contribution in [3.63, 3.8) is 0 Å². The first-order valence-corrected chi connectivity index (χ1v) is 8.03. The molecule has 0 spiro atoms. The van der Waals surface area contributed by atoms with Crippen molar-refractivity contribution in [2.75, 3.05) is 6.54 Å². The number of halogens is 1. The zero-order valence-electron chi connectivity index (χ0n) is 13.2. The van der Waals surface area contributed by atoms with Gasteiger partial charge in [0.25, 0.3) is 5.91 Å². The lowest BCUT2D eigenvalue weighted by molar-refractivity contribution is 0.0944. The lowest BCUT2D eigenvalue weighted by Gasteiger charge is -2.03. The number of benzene rings is 2. The Hall–Kier alpha value is -2.66. The maximum atomic E-state index is 12.2. The summed E-state index contributed by atoms with van der Waals surface area (Å²) in [5, 5.41) is 7.78. The van der Waals surface area contributed by atoms with Crippen molar-refractivity contribution in [1.29, 1.82) is 0 Å². The number of hydrogen-bond donors (Lipinski definition) is 1. The molecular weight excluding hydrogens is 324 g/mol. The summed E-state index contributed by atoms with van der Waals surface area (Å²) in [7, 11) is 0. The number of rotatable bonds is 5. The molecular formula is C18H17ClN4O. The lowest BCUT2D eigenvalue weighted by Crippen LogP contribution is -2.26. The average molecular weight is 341 g/mol. The van der Waals surface area contributed by atoms with Crippen molar-refractivity contribution in [3.8, 4) is 5.69 Å². The molecule has 0 radical (unpaired) electrons. The third kappa shape index (κ3) is 3.81. The number of hydrogen-bond acceptors (Lipinski definition) is 3. The van der Waals surface area contributed by atoms with E-state index in [4.69, 9.17) is 11.6 Å². The summed E-state index contributed by atoms with van der Waals surface area (Å²) in [4.78, 5) is 16.5. The van der Waals surface area contributed by atoms with Gasteiger partial charge in [-0.1, -0.05) is 41.9 Å². The van der Waals surface area contributed by atoms with Gasteiger partial charge in [0, 0.05) is 11.6 Å². The van der Waals surface area contributed by atoms with Crippen LogP contribution in [0.5, 0.6) is 0 Å². The number of aryl methyl sites for hydroxylation is 1. The highest BCUT2D eigenvalue weighted by molar-refractivity contribution is 6.30. The molecule has 0 aliphatic carbocycles. The van der Waals surface area contributed by atoms with Crippen LogP contribution in [0.4, 0.5) is 0 Å². The van der Waals surface area contributed by atoms with Crippen LogP contribution in [0, 0.1) is 6.92 Å². The Kier molecular flexibility index (Phi) is 4.91. The predicted molar refractivity (Wildman–Crippen MR) is 93.6 cm³/mol. The highest BCUT2D eigenvalue weighted by atomic mass is 35.5. The topological polar surface area (TPSA) is 59.8 Å². The highest BCUT2D eigenvalue weighted by Crippen LogP contribution is 2.14. The van der Waals surface area contributed by atoms with E-state index < -0.39 is 0 Å². The number of aromatic nitrogens is 3. The fourth-order valence-electron chi connectivity index (χ4n) is 2.36. The van der Waals surface area contributed by atoms with Gasteiger partial charge in [0.05, 0.1) is 5.69 Å². The van der Waals surface area contributed by atoms with Gasteiger partial charge >= 0.3 is 0 Å². The summed E-state index contributed by atoms with van der Waals surface area (Å²) in [6.07, 6.45) is 0.767. The molecule has 1 amide bonds. The molecule has 5 nitrogen and oxygen atoms in total. The number of carbonyl (C=O) groups excluding carboxylic acids is 1. The number of carbonyl (C=O) groups is 1. The van der Waals surface area contributed by atoms with Crippen molar-refractivity contribution in [3.05, 3.63) is 76.8 Å². The lowest BCUT2D eigenvalue weighted by atomic mass is 10.1. The molecule has 122 valence electrons. The maximum Gasteiger partial charge on any atom is 0.290 e. The molecule has 24 heavy (non-hydrogen) atoms. The minimum atomic E-state index is -0.276. The van der Waals surface area contributed by atoms with Crippen LogP contribution >= 0.6 is 11.6 Å². The second kappa shape index (κ2) is 7.27. The molecule has 2 aromatic carbocycles. The molecule has 3 rings (SSSR count). The first-order valence-electron chi connectivity index (χ1n) is 7.65. The Morgan fingerprint density at radius 1 is 1.12 bits per heavy atom. The summed E-state index contributed by atoms with van der Waals surface area (Å²) in [5.74, 6) is 0.530. The molecule has 0 fully saturated rings. The molecule has 1 aromatic heterocycles. The van der Waals surface area contributed by atoms with E-state index >= 15 is 0 Å². The van der Waals surface area contributed by atoms with E-state index in [0.29, 0.717) is 17.4 Å². The Morgan fingerprint density at radius 3 is 2.54 bits per heavy atom. The zero-order chi connectivity index (χ0) is 16.9. The van der Waals surface area contributed by atoms with E-state index in [1.807, 2.05) is 49.4 Å². The van der Waals surface area contributed by atoms with Crippen LogP contribution in [-0.2, 0) is 6.42 Å². The monoisotopic (exact) mass is 340 g/mol. The number of nitrogens with one attached hydrogen (secondary N) is 1. The van der Waals surface area contributed by atoms with Crippen LogP contribution in [0.2, 0.25) is 5.02 Å². The van der Waals surface area contributed by atoms with E-state index in [1.54, 1.807) is 16.8 Å². The van der Waals surface area contributed by atoms with Crippen LogP contribution in [-0.4, -0.2) is 27.2 Å². The van der Waals surface area contributed by atoms with Crippen molar-refractivity contribution in [1.82, 2.24) is 20.1 Å². The fourth-order valence-corrected chi connectivity index (χ4v) is 2.48. The summed E-state index contributed by atoms with van der Waals surface area (Å²) in [5.41, 5.74) is 1.99. The second-order valence-corrected chi connectivity index (χ2v) is 5.80. The van der Waals surface area contributed by atoms with Crippen LogP contribution in [0.3, 0.4) is 0 Å². The number of nitrogens with zero attached hydrogens (tertiary/aromatic N) is 3. The average Bonchev–Trinajstić information content (AvgIpc) is 2.98. The second-order valence-electron chi connectivity index (χ2n) is 5.36. The van der Waals surface area contributed by atoms with E-state index in [9.17, 15) is 4.79 Å². The van der Waals surface area contributed by atoms with E-state index in [2.05, 4.69) is 15.4 Å². The van der Waals surface area contributed by atoms with Gasteiger partial charge in [-0.25, -0.2) is 9.67 Å². The molecule has 1 N–H and O–H groups in total. The SMILES string of the molecule is Cc1nc(C(=O)NCCc2ccccc2)nn1-c1ccc(Cl)cc1. The molecule has 0 unspecified atom stereocenters. The highest BCUT2D eigenvalue weighted by Gasteiger charge is 2.14. The van der Waals surface area contributed by atoms with Gasteiger partial charge in [-0.05, 0) is 43.2 Å². The molecule has 3 aromatic rings. The van der Waals surface area contributed by atoms with Gasteiger partial charge in [0.15, 0.2) is 0 Å². The first-order chi connectivity index (χ1) is 11.6. The van der Waals surface area contributed by atoms with Gasteiger partial charge in [-0.3, -0.25) is 4.79 Å². The molecule has 0 saturated carbocycles. The van der Waals surface area contributed by atoms with Crippen molar-refractivity contribution in [2.45, 2.75) is 13.3 Å². The standard InChI is InChI=1S/C18H17ClN4O/c1-13-21-17(22-23(13)16-9-7-15(19)8-10-16)18(24)20-12-11-14-5-3-2-4-6-14/h2-10H,11-12H2,1H3,(H,20,24). The van der Waals surface area contributed by atoms with Gasteiger partial charge in [-0.15, -0.1) is 5.10 Å². The van der Waals surface area contributed by atoms with Crippen LogP contribution in [0.1, 0.15) is 22.0 Å². The third-order valence-corrected chi connectivity index (χ3v) is 3.84. The quantitative estimate of drug-likeness (QED) is 0.776. The largest absolute Gasteiger partial charge is 0.349 e. The van der Waals surface area contributed by atoms with Gasteiger partial charge in [-0.2, -0.15) is 0 Å². The summed E-state index contributed by atoms with van der Waals surface area (Å²) >= 11 is 5.89. The van der Waals surface area contributed by atoms with E-state index in [1.165, 1.54) is 5.56 Å². The van der Waals surface area contributed by atoms with Crippen LogP contribution < -0.4 is 5.32 Å². The van der Waals surface area contributed by atoms with Gasteiger partial charge in [0.2, 0.25) is 5.82 Å². The Morgan fingerprint density at radius 2 is 1.83 bits per heavy atom. The zero-order valence-corrected chi connectivity index (χ0v) is 14.0. The van der Waals surface area contributed by atoms with Crippen molar-refractivity contribution >= 4 is 17.5 Å². The summed E-state index contributed by atoms with van der Waals surface area (Å²) < 4.78 is 1.63. The van der Waals surface area contributed by atoms with E-state index in [-0.39, 0.29) is 11.7 Å². The minimum absolute atomic E-state index is 0.163. The van der Waals surface area contributed by atoms with E-state index in [0.717, 1.165) is 12.1 Å². The number of amides is 1. The molecule has 0 bridgehead atoms. The van der Waals surface area contributed by atoms with Gasteiger partial charge < -0.3 is 5.32 Å². The molecule has 0 aliphatic heterocycles. The first kappa shape index (κ1) is 16.2. The molecule has 0 aliphatic rings. The fraction of sp³-hybridized carbons (Fsp3) is 0.167. The molecule has 0 saturated heterocycles. The Bertz CT molecular complexity index is 828. The van der Waals surface area contributed by atoms with Crippen molar-refractivity contribution in [2.24, 2.45) is 0 Å². The molecule has 1 heterocycles. The normalized spacial score (nSPS) is 10.6. The smallest absolute Gasteiger partial charge is 0.290 e. The Labute approximate surface area is 145 Å². The third-order valence-electron chi connectivity index (χ3n) is 3.59. The molecule has 6 heteroatoms. The van der Waals surface area contributed by atoms with Crippen LogP contribution in [0.25, 0.3) is 5.69 Å². The predicted octanol–water partition coefficient (Wildman–Crippen LogP) is 3.20. The summed E-state index contributed by atoms with van der Waals surface area (Å²) in [6, 6.07) is 17.2. The summed E-state index contributed by atoms with van der Waals surface area (Å²) in [6.45, 7) is 2.35. The van der Waals surface area contributed by atoms with Gasteiger partial charge in [0.1, 0.15) is 5.82 Å². The maximum absolute atomic E-state index is 12.2.